The highest BCUT2D eigenvalue weighted by Crippen LogP contribution is 2.22. The SMILES string of the molecule is Cc1cc(C(=O)NCC(C)C)c2cc(Cl)ccc2n1. The van der Waals surface area contributed by atoms with Gasteiger partial charge in [0.15, 0.2) is 0 Å². The Labute approximate surface area is 118 Å². The molecule has 0 atom stereocenters. The first-order valence-electron chi connectivity index (χ1n) is 6.32. The fourth-order valence-electron chi connectivity index (χ4n) is 1.91. The summed E-state index contributed by atoms with van der Waals surface area (Å²) in [5.74, 6) is 0.341. The molecule has 2 rings (SSSR count). The zero-order valence-electron chi connectivity index (χ0n) is 11.3. The molecule has 1 aromatic carbocycles. The molecule has 4 heteroatoms. The Morgan fingerprint density at radius 1 is 1.37 bits per heavy atom. The van der Waals surface area contributed by atoms with E-state index in [1.807, 2.05) is 13.0 Å². The minimum atomic E-state index is -0.0773. The molecule has 0 saturated heterocycles. The number of hydrogen-bond acceptors (Lipinski definition) is 2. The van der Waals surface area contributed by atoms with Crippen molar-refractivity contribution in [2.75, 3.05) is 6.54 Å². The predicted molar refractivity (Wildman–Crippen MR) is 78.7 cm³/mol. The quantitative estimate of drug-likeness (QED) is 0.931. The highest BCUT2D eigenvalue weighted by molar-refractivity contribution is 6.31. The van der Waals surface area contributed by atoms with Crippen LogP contribution in [0.5, 0.6) is 0 Å². The Balaban J connectivity index is 2.46. The summed E-state index contributed by atoms with van der Waals surface area (Å²) in [7, 11) is 0. The Bertz CT molecular complexity index is 623. The van der Waals surface area contributed by atoms with Crippen LogP contribution in [0.1, 0.15) is 29.9 Å². The van der Waals surface area contributed by atoms with Crippen molar-refractivity contribution in [3.63, 3.8) is 0 Å². The second-order valence-electron chi connectivity index (χ2n) is 5.08. The van der Waals surface area contributed by atoms with Gasteiger partial charge in [0.2, 0.25) is 0 Å². The molecule has 2 aromatic rings. The first-order valence-corrected chi connectivity index (χ1v) is 6.70. The Morgan fingerprint density at radius 2 is 2.11 bits per heavy atom. The number of aryl methyl sites for hydroxylation is 1. The zero-order valence-corrected chi connectivity index (χ0v) is 12.1. The maximum absolute atomic E-state index is 12.2. The number of fused-ring (bicyclic) bond motifs is 1. The van der Waals surface area contributed by atoms with E-state index in [1.165, 1.54) is 0 Å². The lowest BCUT2D eigenvalue weighted by molar-refractivity contribution is 0.0950. The van der Waals surface area contributed by atoms with Gasteiger partial charge in [0.05, 0.1) is 11.1 Å². The molecular formula is C15H17ClN2O. The monoisotopic (exact) mass is 276 g/mol. The lowest BCUT2D eigenvalue weighted by Crippen LogP contribution is -2.27. The molecule has 3 nitrogen and oxygen atoms in total. The van der Waals surface area contributed by atoms with Gasteiger partial charge in [0, 0.05) is 22.6 Å². The Kier molecular flexibility index (Phi) is 4.05. The van der Waals surface area contributed by atoms with Crippen molar-refractivity contribution in [3.8, 4) is 0 Å². The van der Waals surface area contributed by atoms with Crippen LogP contribution in [-0.4, -0.2) is 17.4 Å². The number of nitrogens with one attached hydrogen (secondary N) is 1. The van der Waals surface area contributed by atoms with E-state index in [4.69, 9.17) is 11.6 Å². The Hall–Kier alpha value is -1.61. The first-order chi connectivity index (χ1) is 8.97. The van der Waals surface area contributed by atoms with E-state index in [0.29, 0.717) is 23.0 Å². The molecule has 1 heterocycles. The van der Waals surface area contributed by atoms with Crippen molar-refractivity contribution in [1.82, 2.24) is 10.3 Å². The van der Waals surface area contributed by atoms with E-state index < -0.39 is 0 Å². The van der Waals surface area contributed by atoms with Gasteiger partial charge in [-0.1, -0.05) is 25.4 Å². The van der Waals surface area contributed by atoms with Crippen LogP contribution in [0.2, 0.25) is 5.02 Å². The smallest absolute Gasteiger partial charge is 0.252 e. The predicted octanol–water partition coefficient (Wildman–Crippen LogP) is 3.58. The van der Waals surface area contributed by atoms with Crippen LogP contribution in [0.3, 0.4) is 0 Å². The molecule has 100 valence electrons. The van der Waals surface area contributed by atoms with E-state index in [2.05, 4.69) is 24.1 Å². The fraction of sp³-hybridized carbons (Fsp3) is 0.333. The summed E-state index contributed by atoms with van der Waals surface area (Å²) in [6.07, 6.45) is 0. The molecule has 0 unspecified atom stereocenters. The average molecular weight is 277 g/mol. The number of nitrogens with zero attached hydrogens (tertiary/aromatic N) is 1. The third-order valence-corrected chi connectivity index (χ3v) is 3.05. The molecule has 0 saturated carbocycles. The second kappa shape index (κ2) is 5.57. The van der Waals surface area contributed by atoms with Crippen molar-refractivity contribution in [3.05, 3.63) is 40.5 Å². The molecular weight excluding hydrogens is 260 g/mol. The molecule has 0 aliphatic carbocycles. The molecule has 1 N–H and O–H groups in total. The normalized spacial score (nSPS) is 11.0. The number of hydrogen-bond donors (Lipinski definition) is 1. The summed E-state index contributed by atoms with van der Waals surface area (Å²) in [5, 5.41) is 4.33. The number of aromatic nitrogens is 1. The summed E-state index contributed by atoms with van der Waals surface area (Å²) >= 11 is 6.00. The highest BCUT2D eigenvalue weighted by atomic mass is 35.5. The average Bonchev–Trinajstić information content (AvgIpc) is 2.35. The van der Waals surface area contributed by atoms with E-state index in [9.17, 15) is 4.79 Å². The van der Waals surface area contributed by atoms with Crippen LogP contribution in [0.15, 0.2) is 24.3 Å². The molecule has 0 fully saturated rings. The molecule has 0 spiro atoms. The third kappa shape index (κ3) is 3.24. The van der Waals surface area contributed by atoms with Crippen LogP contribution in [0.4, 0.5) is 0 Å². The van der Waals surface area contributed by atoms with Crippen molar-refractivity contribution in [2.24, 2.45) is 5.92 Å². The van der Waals surface area contributed by atoms with Gasteiger partial charge in [-0.2, -0.15) is 0 Å². The number of pyridine rings is 1. The maximum atomic E-state index is 12.2. The van der Waals surface area contributed by atoms with Gasteiger partial charge in [-0.3, -0.25) is 9.78 Å². The van der Waals surface area contributed by atoms with Gasteiger partial charge in [-0.05, 0) is 37.1 Å². The lowest BCUT2D eigenvalue weighted by Gasteiger charge is -2.10. The molecule has 1 aromatic heterocycles. The topological polar surface area (TPSA) is 42.0 Å². The van der Waals surface area contributed by atoms with Crippen molar-refractivity contribution < 1.29 is 4.79 Å². The van der Waals surface area contributed by atoms with Crippen LogP contribution in [0.25, 0.3) is 10.9 Å². The summed E-state index contributed by atoms with van der Waals surface area (Å²) in [4.78, 5) is 16.7. The van der Waals surface area contributed by atoms with Gasteiger partial charge >= 0.3 is 0 Å². The first kappa shape index (κ1) is 13.8. The van der Waals surface area contributed by atoms with Gasteiger partial charge in [0.25, 0.3) is 5.91 Å². The molecule has 0 bridgehead atoms. The zero-order chi connectivity index (χ0) is 14.0. The van der Waals surface area contributed by atoms with E-state index in [1.54, 1.807) is 18.2 Å². The van der Waals surface area contributed by atoms with Gasteiger partial charge in [-0.25, -0.2) is 0 Å². The van der Waals surface area contributed by atoms with Crippen molar-refractivity contribution >= 4 is 28.4 Å². The molecule has 0 aliphatic rings. The van der Waals surface area contributed by atoms with E-state index in [0.717, 1.165) is 16.6 Å². The number of benzene rings is 1. The second-order valence-corrected chi connectivity index (χ2v) is 5.51. The summed E-state index contributed by atoms with van der Waals surface area (Å²) in [6, 6.07) is 7.21. The van der Waals surface area contributed by atoms with E-state index >= 15 is 0 Å². The van der Waals surface area contributed by atoms with Crippen LogP contribution in [-0.2, 0) is 0 Å². The minimum absolute atomic E-state index is 0.0773. The number of carbonyl (C=O) groups excluding carboxylic acids is 1. The largest absolute Gasteiger partial charge is 0.352 e. The standard InChI is InChI=1S/C15H17ClN2O/c1-9(2)8-17-15(19)13-6-10(3)18-14-5-4-11(16)7-12(13)14/h4-7,9H,8H2,1-3H3,(H,17,19). The summed E-state index contributed by atoms with van der Waals surface area (Å²) in [5.41, 5.74) is 2.24. The molecule has 0 radical (unpaired) electrons. The van der Waals surface area contributed by atoms with Crippen LogP contribution < -0.4 is 5.32 Å². The summed E-state index contributed by atoms with van der Waals surface area (Å²) in [6.45, 7) is 6.66. The number of carbonyl (C=O) groups is 1. The third-order valence-electron chi connectivity index (χ3n) is 2.81. The molecule has 0 aliphatic heterocycles. The van der Waals surface area contributed by atoms with Crippen molar-refractivity contribution in [2.45, 2.75) is 20.8 Å². The lowest BCUT2D eigenvalue weighted by atomic mass is 10.1. The number of rotatable bonds is 3. The molecule has 19 heavy (non-hydrogen) atoms. The van der Waals surface area contributed by atoms with E-state index in [-0.39, 0.29) is 5.91 Å². The molecule has 1 amide bonds. The Morgan fingerprint density at radius 3 is 2.79 bits per heavy atom. The minimum Gasteiger partial charge on any atom is -0.352 e. The van der Waals surface area contributed by atoms with Crippen LogP contribution in [0, 0.1) is 12.8 Å². The van der Waals surface area contributed by atoms with Gasteiger partial charge < -0.3 is 5.32 Å². The number of halogens is 1. The fourth-order valence-corrected chi connectivity index (χ4v) is 2.08. The van der Waals surface area contributed by atoms with Crippen LogP contribution >= 0.6 is 11.6 Å². The highest BCUT2D eigenvalue weighted by Gasteiger charge is 2.12. The van der Waals surface area contributed by atoms with Gasteiger partial charge in [0.1, 0.15) is 0 Å². The van der Waals surface area contributed by atoms with Gasteiger partial charge in [-0.15, -0.1) is 0 Å². The van der Waals surface area contributed by atoms with Crippen molar-refractivity contribution in [1.29, 1.82) is 0 Å². The maximum Gasteiger partial charge on any atom is 0.252 e. The number of amides is 1. The summed E-state index contributed by atoms with van der Waals surface area (Å²) < 4.78 is 0.